The summed E-state index contributed by atoms with van der Waals surface area (Å²) in [5.41, 5.74) is 1.50. The molecule has 2 aromatic rings. The Morgan fingerprint density at radius 1 is 1.47 bits per heavy atom. The molecule has 96 valence electrons. The van der Waals surface area contributed by atoms with Crippen LogP contribution in [0.3, 0.4) is 0 Å². The van der Waals surface area contributed by atoms with Crippen LogP contribution < -0.4 is 0 Å². The second kappa shape index (κ2) is 4.63. The van der Waals surface area contributed by atoms with Crippen molar-refractivity contribution in [2.24, 2.45) is 0 Å². The molecule has 0 radical (unpaired) electrons. The summed E-state index contributed by atoms with van der Waals surface area (Å²) in [6, 6.07) is 6.59. The summed E-state index contributed by atoms with van der Waals surface area (Å²) < 4.78 is 15.3. The van der Waals surface area contributed by atoms with E-state index in [0.29, 0.717) is 22.2 Å². The van der Waals surface area contributed by atoms with Gasteiger partial charge in [0.25, 0.3) is 0 Å². The third-order valence-electron chi connectivity index (χ3n) is 3.21. The maximum absolute atomic E-state index is 13.8. The molecule has 0 N–H and O–H groups in total. The van der Waals surface area contributed by atoms with E-state index in [4.69, 9.17) is 16.9 Å². The first-order valence-corrected chi connectivity index (χ1v) is 6.35. The average Bonchev–Trinajstić information content (AvgIpc) is 3.15. The first-order chi connectivity index (χ1) is 9.20. The molecule has 1 aliphatic rings. The van der Waals surface area contributed by atoms with E-state index in [0.717, 1.165) is 18.5 Å². The molecule has 0 spiro atoms. The minimum absolute atomic E-state index is 0.200. The topological polar surface area (TPSA) is 54.5 Å². The minimum Gasteiger partial charge on any atom is -0.243 e. The lowest BCUT2D eigenvalue weighted by molar-refractivity contribution is 0.566. The molecule has 1 aliphatic carbocycles. The highest BCUT2D eigenvalue weighted by molar-refractivity contribution is 6.31. The number of nitrogens with zero attached hydrogens (tertiary/aromatic N) is 4. The number of hydrogen-bond donors (Lipinski definition) is 0. The zero-order valence-electron chi connectivity index (χ0n) is 9.98. The first kappa shape index (κ1) is 12.1. The number of hydrogen-bond acceptors (Lipinski definition) is 3. The fourth-order valence-corrected chi connectivity index (χ4v) is 2.33. The van der Waals surface area contributed by atoms with Gasteiger partial charge in [-0.1, -0.05) is 22.9 Å². The maximum atomic E-state index is 13.8. The molecule has 19 heavy (non-hydrogen) atoms. The van der Waals surface area contributed by atoms with Crippen LogP contribution in [-0.2, 0) is 6.54 Å². The van der Waals surface area contributed by atoms with Crippen LogP contribution in [-0.4, -0.2) is 15.0 Å². The summed E-state index contributed by atoms with van der Waals surface area (Å²) in [5.74, 6) is -0.0570. The Morgan fingerprint density at radius 2 is 2.26 bits per heavy atom. The van der Waals surface area contributed by atoms with Gasteiger partial charge in [0.1, 0.15) is 11.9 Å². The van der Waals surface area contributed by atoms with Gasteiger partial charge in [-0.15, -0.1) is 5.10 Å². The molecule has 0 atom stereocenters. The van der Waals surface area contributed by atoms with E-state index in [-0.39, 0.29) is 12.4 Å². The molecule has 0 bridgehead atoms. The Bertz CT molecular complexity index is 650. The highest BCUT2D eigenvalue weighted by atomic mass is 35.5. The molecule has 6 heteroatoms. The SMILES string of the molecule is N#Cc1nnn(Cc2c(F)cccc2Cl)c1C1CC1. The molecular weight excluding hydrogens is 267 g/mol. The molecule has 0 amide bonds. The van der Waals surface area contributed by atoms with Crippen molar-refractivity contribution in [3.05, 3.63) is 46.0 Å². The molecule has 1 aromatic carbocycles. The second-order valence-corrected chi connectivity index (χ2v) is 4.97. The Hall–Kier alpha value is -1.93. The van der Waals surface area contributed by atoms with Gasteiger partial charge in [0.2, 0.25) is 0 Å². The maximum Gasteiger partial charge on any atom is 0.186 e. The predicted octanol–water partition coefficient (Wildman–Crippen LogP) is 2.87. The molecule has 4 nitrogen and oxygen atoms in total. The molecule has 0 aliphatic heterocycles. The lowest BCUT2D eigenvalue weighted by atomic mass is 10.2. The van der Waals surface area contributed by atoms with Crippen molar-refractivity contribution < 1.29 is 4.39 Å². The van der Waals surface area contributed by atoms with Gasteiger partial charge in [0.05, 0.1) is 12.2 Å². The lowest BCUT2D eigenvalue weighted by Gasteiger charge is -2.08. The van der Waals surface area contributed by atoms with Crippen molar-refractivity contribution in [1.29, 1.82) is 5.26 Å². The van der Waals surface area contributed by atoms with E-state index in [1.165, 1.54) is 6.07 Å². The monoisotopic (exact) mass is 276 g/mol. The van der Waals surface area contributed by atoms with Crippen LogP contribution in [0.5, 0.6) is 0 Å². The quantitative estimate of drug-likeness (QED) is 0.866. The van der Waals surface area contributed by atoms with E-state index in [2.05, 4.69) is 10.3 Å². The number of halogens is 2. The number of aromatic nitrogens is 3. The zero-order chi connectivity index (χ0) is 13.4. The summed E-state index contributed by atoms with van der Waals surface area (Å²) >= 11 is 6.00. The molecule has 1 aromatic heterocycles. The standard InChI is InChI=1S/C13H10ClFN4/c14-10-2-1-3-11(15)9(10)7-19-13(8-4-5-8)12(6-16)17-18-19/h1-3,8H,4-5,7H2. The van der Waals surface area contributed by atoms with Gasteiger partial charge in [-0.05, 0) is 25.0 Å². The molecule has 1 fully saturated rings. The Balaban J connectivity index is 2.00. The van der Waals surface area contributed by atoms with Crippen molar-refractivity contribution in [3.63, 3.8) is 0 Å². The molecule has 1 heterocycles. The van der Waals surface area contributed by atoms with Gasteiger partial charge < -0.3 is 0 Å². The summed E-state index contributed by atoms with van der Waals surface area (Å²) in [4.78, 5) is 0. The van der Waals surface area contributed by atoms with Gasteiger partial charge >= 0.3 is 0 Å². The fraction of sp³-hybridized carbons (Fsp3) is 0.308. The van der Waals surface area contributed by atoms with Gasteiger partial charge in [-0.2, -0.15) is 5.26 Å². The van der Waals surface area contributed by atoms with Crippen LogP contribution in [0, 0.1) is 17.1 Å². The van der Waals surface area contributed by atoms with Crippen LogP contribution in [0.15, 0.2) is 18.2 Å². The molecular formula is C13H10ClFN4. The molecule has 0 saturated heterocycles. The zero-order valence-corrected chi connectivity index (χ0v) is 10.7. The third kappa shape index (κ3) is 2.20. The van der Waals surface area contributed by atoms with Gasteiger partial charge in [-0.3, -0.25) is 0 Å². The number of benzene rings is 1. The first-order valence-electron chi connectivity index (χ1n) is 5.97. The number of rotatable bonds is 3. The molecule has 3 rings (SSSR count). The van der Waals surface area contributed by atoms with E-state index in [9.17, 15) is 4.39 Å². The Morgan fingerprint density at radius 3 is 2.89 bits per heavy atom. The summed E-state index contributed by atoms with van der Waals surface area (Å²) in [5, 5.41) is 17.2. The van der Waals surface area contributed by atoms with Crippen LogP contribution in [0.4, 0.5) is 4.39 Å². The Labute approximate surface area is 114 Å². The summed E-state index contributed by atoms with van der Waals surface area (Å²) in [6.07, 6.45) is 2.04. The van der Waals surface area contributed by atoms with Crippen molar-refractivity contribution in [2.45, 2.75) is 25.3 Å². The summed E-state index contributed by atoms with van der Waals surface area (Å²) in [6.45, 7) is 0.200. The average molecular weight is 277 g/mol. The van der Waals surface area contributed by atoms with Gasteiger partial charge in [-0.25, -0.2) is 9.07 Å². The molecule has 0 unspecified atom stereocenters. The third-order valence-corrected chi connectivity index (χ3v) is 3.57. The highest BCUT2D eigenvalue weighted by Crippen LogP contribution is 2.41. The van der Waals surface area contributed by atoms with Crippen LogP contribution in [0.25, 0.3) is 0 Å². The normalized spacial score (nSPS) is 14.4. The van der Waals surface area contributed by atoms with Crippen molar-refractivity contribution in [1.82, 2.24) is 15.0 Å². The van der Waals surface area contributed by atoms with Gasteiger partial charge in [0, 0.05) is 16.5 Å². The highest BCUT2D eigenvalue weighted by Gasteiger charge is 2.31. The lowest BCUT2D eigenvalue weighted by Crippen LogP contribution is -2.08. The smallest absolute Gasteiger partial charge is 0.186 e. The molecule has 1 saturated carbocycles. The minimum atomic E-state index is -0.372. The Kier molecular flexibility index (Phi) is 2.96. The van der Waals surface area contributed by atoms with E-state index < -0.39 is 0 Å². The largest absolute Gasteiger partial charge is 0.243 e. The number of nitriles is 1. The predicted molar refractivity (Wildman–Crippen MR) is 67.2 cm³/mol. The van der Waals surface area contributed by atoms with Crippen molar-refractivity contribution >= 4 is 11.6 Å². The van der Waals surface area contributed by atoms with E-state index in [1.807, 2.05) is 6.07 Å². The van der Waals surface area contributed by atoms with Crippen LogP contribution in [0.2, 0.25) is 5.02 Å². The van der Waals surface area contributed by atoms with Crippen LogP contribution in [0.1, 0.15) is 35.7 Å². The van der Waals surface area contributed by atoms with Crippen LogP contribution >= 0.6 is 11.6 Å². The van der Waals surface area contributed by atoms with E-state index >= 15 is 0 Å². The van der Waals surface area contributed by atoms with E-state index in [1.54, 1.807) is 16.8 Å². The van der Waals surface area contributed by atoms with Gasteiger partial charge in [0.15, 0.2) is 5.69 Å². The van der Waals surface area contributed by atoms with Crippen molar-refractivity contribution in [3.8, 4) is 6.07 Å². The van der Waals surface area contributed by atoms with Crippen molar-refractivity contribution in [2.75, 3.05) is 0 Å². The second-order valence-electron chi connectivity index (χ2n) is 4.57. The fourth-order valence-electron chi connectivity index (χ4n) is 2.11. The summed E-state index contributed by atoms with van der Waals surface area (Å²) in [7, 11) is 0.